The van der Waals surface area contributed by atoms with E-state index in [1.807, 2.05) is 6.92 Å². The van der Waals surface area contributed by atoms with Crippen LogP contribution in [0.15, 0.2) is 18.2 Å². The zero-order valence-electron chi connectivity index (χ0n) is 8.25. The Morgan fingerprint density at radius 3 is 2.64 bits per heavy atom. The predicted molar refractivity (Wildman–Crippen MR) is 56.5 cm³/mol. The highest BCUT2D eigenvalue weighted by molar-refractivity contribution is 6.31. The summed E-state index contributed by atoms with van der Waals surface area (Å²) in [6, 6.07) is 4.76. The van der Waals surface area contributed by atoms with Crippen LogP contribution in [0.25, 0.3) is 0 Å². The molecule has 14 heavy (non-hydrogen) atoms. The predicted octanol–water partition coefficient (Wildman–Crippen LogP) is 1.87. The lowest BCUT2D eigenvalue weighted by Crippen LogP contribution is -2.33. The van der Waals surface area contributed by atoms with Crippen LogP contribution in [-0.4, -0.2) is 18.8 Å². The van der Waals surface area contributed by atoms with E-state index >= 15 is 0 Å². The molecule has 0 spiro atoms. The zero-order valence-corrected chi connectivity index (χ0v) is 9.01. The van der Waals surface area contributed by atoms with E-state index in [1.54, 1.807) is 19.2 Å². The fourth-order valence-corrected chi connectivity index (χ4v) is 1.61. The average Bonchev–Trinajstić information content (AvgIpc) is 2.17. The SMILES string of the molecule is COC(C)(CN)c1ccc(O)cc1Cl. The topological polar surface area (TPSA) is 55.5 Å². The number of benzene rings is 1. The number of ether oxygens (including phenoxy) is 1. The van der Waals surface area contributed by atoms with Crippen LogP contribution in [0, 0.1) is 0 Å². The number of phenols is 1. The van der Waals surface area contributed by atoms with Crippen molar-refractivity contribution in [3.63, 3.8) is 0 Å². The lowest BCUT2D eigenvalue weighted by molar-refractivity contribution is 0.0101. The standard InChI is InChI=1S/C10H14ClNO2/c1-10(6-12,14-2)8-4-3-7(13)5-9(8)11/h3-5,13H,6,12H2,1-2H3. The second-order valence-electron chi connectivity index (χ2n) is 3.30. The van der Waals surface area contributed by atoms with Gasteiger partial charge in [-0.05, 0) is 19.1 Å². The molecule has 4 heteroatoms. The van der Waals surface area contributed by atoms with E-state index in [0.29, 0.717) is 11.6 Å². The summed E-state index contributed by atoms with van der Waals surface area (Å²) in [6.45, 7) is 2.18. The average molecular weight is 216 g/mol. The molecule has 1 aromatic carbocycles. The Labute approximate surface area is 88.4 Å². The third-order valence-electron chi connectivity index (χ3n) is 2.36. The number of halogens is 1. The Bertz CT molecular complexity index is 324. The maximum atomic E-state index is 9.19. The molecule has 0 saturated heterocycles. The highest BCUT2D eigenvalue weighted by Gasteiger charge is 2.26. The van der Waals surface area contributed by atoms with Gasteiger partial charge in [-0.25, -0.2) is 0 Å². The van der Waals surface area contributed by atoms with Crippen LogP contribution < -0.4 is 5.73 Å². The first-order valence-corrected chi connectivity index (χ1v) is 4.65. The second-order valence-corrected chi connectivity index (χ2v) is 3.71. The third kappa shape index (κ3) is 2.00. The molecule has 3 N–H and O–H groups in total. The van der Waals surface area contributed by atoms with Crippen LogP contribution in [0.4, 0.5) is 0 Å². The number of methoxy groups -OCH3 is 1. The fourth-order valence-electron chi connectivity index (χ4n) is 1.24. The molecule has 1 unspecified atom stereocenters. The van der Waals surface area contributed by atoms with Gasteiger partial charge in [-0.1, -0.05) is 17.7 Å². The Balaban J connectivity index is 3.17. The van der Waals surface area contributed by atoms with Gasteiger partial charge in [0.05, 0.1) is 5.02 Å². The molecular formula is C10H14ClNO2. The van der Waals surface area contributed by atoms with Crippen LogP contribution in [0.3, 0.4) is 0 Å². The number of hydrogen-bond acceptors (Lipinski definition) is 3. The zero-order chi connectivity index (χ0) is 10.8. The van der Waals surface area contributed by atoms with Gasteiger partial charge in [0, 0.05) is 19.2 Å². The summed E-state index contributed by atoms with van der Waals surface area (Å²) in [7, 11) is 1.58. The third-order valence-corrected chi connectivity index (χ3v) is 2.68. The number of hydrogen-bond donors (Lipinski definition) is 2. The first-order chi connectivity index (χ1) is 6.53. The van der Waals surface area contributed by atoms with Crippen molar-refractivity contribution in [1.82, 2.24) is 0 Å². The highest BCUT2D eigenvalue weighted by Crippen LogP contribution is 2.32. The van der Waals surface area contributed by atoms with Crippen LogP contribution in [0.2, 0.25) is 5.02 Å². The molecule has 0 amide bonds. The van der Waals surface area contributed by atoms with Gasteiger partial charge in [0.15, 0.2) is 0 Å². The quantitative estimate of drug-likeness (QED) is 0.810. The molecule has 0 saturated carbocycles. The maximum Gasteiger partial charge on any atom is 0.117 e. The first kappa shape index (κ1) is 11.3. The van der Waals surface area contributed by atoms with Gasteiger partial charge in [-0.2, -0.15) is 0 Å². The van der Waals surface area contributed by atoms with E-state index in [9.17, 15) is 5.11 Å². The van der Waals surface area contributed by atoms with Gasteiger partial charge in [0.25, 0.3) is 0 Å². The van der Waals surface area contributed by atoms with Crippen LogP contribution in [0.5, 0.6) is 5.75 Å². The van der Waals surface area contributed by atoms with Gasteiger partial charge in [0.1, 0.15) is 11.4 Å². The molecule has 1 atom stereocenters. The largest absolute Gasteiger partial charge is 0.508 e. The van der Waals surface area contributed by atoms with E-state index in [1.165, 1.54) is 6.07 Å². The lowest BCUT2D eigenvalue weighted by atomic mass is 9.96. The highest BCUT2D eigenvalue weighted by atomic mass is 35.5. The molecule has 0 aromatic heterocycles. The number of aromatic hydroxyl groups is 1. The summed E-state index contributed by atoms with van der Waals surface area (Å²) in [4.78, 5) is 0. The van der Waals surface area contributed by atoms with Crippen molar-refractivity contribution in [2.24, 2.45) is 5.73 Å². The lowest BCUT2D eigenvalue weighted by Gasteiger charge is -2.27. The smallest absolute Gasteiger partial charge is 0.117 e. The van der Waals surface area contributed by atoms with Crippen molar-refractivity contribution in [1.29, 1.82) is 0 Å². The van der Waals surface area contributed by atoms with E-state index in [-0.39, 0.29) is 5.75 Å². The van der Waals surface area contributed by atoms with E-state index < -0.39 is 5.60 Å². The molecule has 0 fully saturated rings. The van der Waals surface area contributed by atoms with Crippen molar-refractivity contribution in [3.8, 4) is 5.75 Å². The summed E-state index contributed by atoms with van der Waals surface area (Å²) in [5.41, 5.74) is 5.78. The minimum atomic E-state index is -0.606. The summed E-state index contributed by atoms with van der Waals surface area (Å²) < 4.78 is 5.30. The summed E-state index contributed by atoms with van der Waals surface area (Å²) in [5.74, 6) is 0.134. The van der Waals surface area contributed by atoms with Crippen molar-refractivity contribution in [2.45, 2.75) is 12.5 Å². The van der Waals surface area contributed by atoms with E-state index in [0.717, 1.165) is 5.56 Å². The summed E-state index contributed by atoms with van der Waals surface area (Å²) in [5, 5.41) is 9.65. The molecule has 3 nitrogen and oxygen atoms in total. The Morgan fingerprint density at radius 2 is 2.21 bits per heavy atom. The van der Waals surface area contributed by atoms with Crippen molar-refractivity contribution >= 4 is 11.6 Å². The number of phenolic OH excluding ortho intramolecular Hbond substituents is 1. The number of nitrogens with two attached hydrogens (primary N) is 1. The van der Waals surface area contributed by atoms with E-state index in [4.69, 9.17) is 22.1 Å². The minimum absolute atomic E-state index is 0.134. The van der Waals surface area contributed by atoms with Crippen LogP contribution >= 0.6 is 11.6 Å². The molecule has 0 radical (unpaired) electrons. The molecular weight excluding hydrogens is 202 g/mol. The molecule has 0 aliphatic heterocycles. The summed E-state index contributed by atoms with van der Waals surface area (Å²) in [6.07, 6.45) is 0. The first-order valence-electron chi connectivity index (χ1n) is 4.27. The van der Waals surface area contributed by atoms with Gasteiger partial charge >= 0.3 is 0 Å². The normalized spacial score (nSPS) is 15.1. The Kier molecular flexibility index (Phi) is 3.37. The second kappa shape index (κ2) is 4.17. The van der Waals surface area contributed by atoms with Gasteiger partial charge in [0.2, 0.25) is 0 Å². The molecule has 78 valence electrons. The Morgan fingerprint density at radius 1 is 1.57 bits per heavy atom. The molecule has 0 aliphatic rings. The molecule has 0 heterocycles. The number of rotatable bonds is 3. The minimum Gasteiger partial charge on any atom is -0.508 e. The van der Waals surface area contributed by atoms with Crippen molar-refractivity contribution in [2.75, 3.05) is 13.7 Å². The molecule has 0 aliphatic carbocycles. The maximum absolute atomic E-state index is 9.19. The van der Waals surface area contributed by atoms with Crippen LogP contribution in [-0.2, 0) is 10.3 Å². The van der Waals surface area contributed by atoms with Crippen molar-refractivity contribution < 1.29 is 9.84 Å². The molecule has 1 rings (SSSR count). The summed E-state index contributed by atoms with van der Waals surface area (Å²) >= 11 is 5.98. The van der Waals surface area contributed by atoms with Gasteiger partial charge in [-0.3, -0.25) is 0 Å². The Hall–Kier alpha value is -0.770. The van der Waals surface area contributed by atoms with Crippen LogP contribution in [0.1, 0.15) is 12.5 Å². The van der Waals surface area contributed by atoms with Crippen molar-refractivity contribution in [3.05, 3.63) is 28.8 Å². The fraction of sp³-hybridized carbons (Fsp3) is 0.400. The van der Waals surface area contributed by atoms with E-state index in [2.05, 4.69) is 0 Å². The molecule has 1 aromatic rings. The van der Waals surface area contributed by atoms with Gasteiger partial charge in [-0.15, -0.1) is 0 Å². The monoisotopic (exact) mass is 215 g/mol. The molecule has 0 bridgehead atoms. The van der Waals surface area contributed by atoms with Gasteiger partial charge < -0.3 is 15.6 Å².